The summed E-state index contributed by atoms with van der Waals surface area (Å²) in [5, 5.41) is 30.7. The lowest BCUT2D eigenvalue weighted by atomic mass is 9.98. The van der Waals surface area contributed by atoms with Crippen LogP contribution in [0.5, 0.6) is 0 Å². The van der Waals surface area contributed by atoms with Gasteiger partial charge in [0.15, 0.2) is 11.6 Å². The maximum Gasteiger partial charge on any atom is 0.306 e. The van der Waals surface area contributed by atoms with Crippen molar-refractivity contribution in [1.82, 2.24) is 19.6 Å². The van der Waals surface area contributed by atoms with Crippen molar-refractivity contribution >= 4 is 81.7 Å². The van der Waals surface area contributed by atoms with E-state index in [1.54, 1.807) is 30.6 Å². The molecule has 0 bridgehead atoms. The number of carboxylic acids is 1. The lowest BCUT2D eigenvalue weighted by Crippen LogP contribution is -2.51. The SMILES string of the molecule is C[C@@H]1C[C@H]2C(=O)N([C@H](CCC(=O)OC(C)(C)C)C(=O)CCc3cc(Cl)c(Cl)c[n+]3O)CCC(CCc3ccccc3)N2C1.N[C@@H]1C[C@H]2C(=O)N([C@H](CCC(=O)O)C(=O)CCc3cc(Cl)c(Cl)c[n+]3O)CCC(CCc3ccccc3)N2C1. The summed E-state index contributed by atoms with van der Waals surface area (Å²) < 4.78 is 7.21. The molecule has 444 valence electrons. The van der Waals surface area contributed by atoms with Crippen molar-refractivity contribution in [1.29, 1.82) is 0 Å². The Balaban J connectivity index is 0.000000237. The van der Waals surface area contributed by atoms with Crippen LogP contribution < -0.4 is 15.2 Å². The number of ketones is 2. The Bertz CT molecular complexity index is 2880. The van der Waals surface area contributed by atoms with E-state index >= 15 is 0 Å². The molecule has 2 amide bonds. The Morgan fingerprint density at radius 1 is 0.646 bits per heavy atom. The number of aromatic nitrogens is 2. The molecule has 8 rings (SSSR count). The van der Waals surface area contributed by atoms with E-state index in [1.807, 2.05) is 36.4 Å². The second-order valence-electron chi connectivity index (χ2n) is 23.4. The molecule has 2 aromatic carbocycles. The number of ether oxygens (including phenoxy) is 1. The number of carbonyl (C=O) groups excluding carboxylic acids is 5. The standard InChI is InChI=1S/C33H44Cl2N3O5.C28H34Cl2N4O5/c1-22-18-29-32(41)36(17-16-24(37(29)20-22)11-10-23-8-6-5-7-9-23)28(13-15-31(40)43-33(2,3)4)30(39)14-12-25-19-26(34)27(35)21-38(25)42;29-22-15-21(34(39)17-23(22)30)8-10-26(35)24(9-11-27(36)37)32-13-12-20(7-6-18-4-2-1-3-5-18)33-16-19(31)14-25(33)28(32)38/h5-9,19,21-22,24,28-29,42H,10-18,20H2,1-4H3;1-5,15,17,19-20,24-25H,6-14,16,31H2,(H-,36,37,39)/q+1;/p+1/t22-,24?,28-,29+;19-,20?,24-,25+/m11/s1. The zero-order chi connectivity index (χ0) is 59.4. The van der Waals surface area contributed by atoms with Crippen molar-refractivity contribution < 1.29 is 58.5 Å². The highest BCUT2D eigenvalue weighted by atomic mass is 35.5. The molecule has 0 saturated carbocycles. The first-order valence-electron chi connectivity index (χ1n) is 28.6. The van der Waals surface area contributed by atoms with Gasteiger partial charge in [0.25, 0.3) is 0 Å². The van der Waals surface area contributed by atoms with Gasteiger partial charge >= 0.3 is 11.9 Å². The molecule has 6 heterocycles. The van der Waals surface area contributed by atoms with Gasteiger partial charge in [0.05, 0.1) is 34.2 Å². The number of nitrogens with zero attached hydrogens (tertiary/aromatic N) is 6. The zero-order valence-electron chi connectivity index (χ0n) is 47.3. The third-order valence-electron chi connectivity index (χ3n) is 16.1. The summed E-state index contributed by atoms with van der Waals surface area (Å²) in [6.07, 6.45) is 9.16. The largest absolute Gasteiger partial charge is 0.481 e. The molecule has 8 atom stereocenters. The molecule has 5 N–H and O–H groups in total. The minimum absolute atomic E-state index is 0.00207. The normalized spacial score (nSPS) is 22.1. The molecule has 0 radical (unpaired) electrons. The van der Waals surface area contributed by atoms with E-state index < -0.39 is 35.7 Å². The number of Topliss-reactive ketones (excluding diaryl/α,β-unsaturated/α-hetero) is 2. The monoisotopic (exact) mass is 1210 g/mol. The van der Waals surface area contributed by atoms with Crippen LogP contribution in [-0.4, -0.2) is 145 Å². The van der Waals surface area contributed by atoms with Crippen molar-refractivity contribution in [2.75, 3.05) is 26.2 Å². The van der Waals surface area contributed by atoms with Gasteiger partial charge in [-0.25, -0.2) is 0 Å². The summed E-state index contributed by atoms with van der Waals surface area (Å²) in [7, 11) is 0. The number of amides is 2. The summed E-state index contributed by atoms with van der Waals surface area (Å²) >= 11 is 24.2. The minimum Gasteiger partial charge on any atom is -0.481 e. The summed E-state index contributed by atoms with van der Waals surface area (Å²) in [5.74, 6) is -1.68. The van der Waals surface area contributed by atoms with Gasteiger partial charge in [0, 0.05) is 104 Å². The lowest BCUT2D eigenvalue weighted by molar-refractivity contribution is -0.909. The number of fused-ring (bicyclic) bond motifs is 2. The maximum atomic E-state index is 14.2. The summed E-state index contributed by atoms with van der Waals surface area (Å²) in [6, 6.07) is 21.4. The maximum absolute atomic E-state index is 14.2. The highest BCUT2D eigenvalue weighted by Crippen LogP contribution is 2.35. The number of esters is 1. The summed E-state index contributed by atoms with van der Waals surface area (Å²) in [4.78, 5) is 87.4. The fraction of sp³-hybridized carbons (Fsp3) is 0.541. The first kappa shape index (κ1) is 64.2. The van der Waals surface area contributed by atoms with Crippen LogP contribution in [0, 0.1) is 5.92 Å². The average Bonchev–Trinajstić information content (AvgIpc) is 3.60. The van der Waals surface area contributed by atoms with Gasteiger partial charge < -0.3 is 25.4 Å². The van der Waals surface area contributed by atoms with Crippen LogP contribution in [0.1, 0.15) is 127 Å². The quantitative estimate of drug-likeness (QED) is 0.0331. The number of hydrogen-bond donors (Lipinski definition) is 4. The molecule has 4 saturated heterocycles. The van der Waals surface area contributed by atoms with Crippen LogP contribution in [0.4, 0.5) is 0 Å². The van der Waals surface area contributed by atoms with Crippen LogP contribution >= 0.6 is 46.4 Å². The van der Waals surface area contributed by atoms with E-state index in [1.165, 1.54) is 35.7 Å². The lowest BCUT2D eigenvalue weighted by Gasteiger charge is -2.32. The molecule has 4 fully saturated rings. The molecule has 82 heavy (non-hydrogen) atoms. The molecule has 4 aromatic rings. The molecular weight excluding hydrogens is 1130 g/mol. The fourth-order valence-corrected chi connectivity index (χ4v) is 12.8. The van der Waals surface area contributed by atoms with Gasteiger partial charge in [-0.15, -0.1) is 0 Å². The van der Waals surface area contributed by atoms with Gasteiger partial charge in [0.1, 0.15) is 15.6 Å². The van der Waals surface area contributed by atoms with Crippen molar-refractivity contribution in [2.24, 2.45) is 11.7 Å². The van der Waals surface area contributed by atoms with Crippen molar-refractivity contribution in [3.05, 3.63) is 128 Å². The smallest absolute Gasteiger partial charge is 0.306 e. The number of aliphatic carboxylic acids is 1. The van der Waals surface area contributed by atoms with Gasteiger partial charge in [-0.3, -0.25) is 49.0 Å². The Labute approximate surface area is 501 Å². The van der Waals surface area contributed by atoms with Crippen LogP contribution in [0.25, 0.3) is 0 Å². The van der Waals surface area contributed by atoms with Gasteiger partial charge in [0.2, 0.25) is 35.6 Å². The van der Waals surface area contributed by atoms with Crippen LogP contribution in [0.3, 0.4) is 0 Å². The molecule has 21 heteroatoms. The molecule has 2 unspecified atom stereocenters. The molecule has 4 aliphatic heterocycles. The number of hydrogen-bond acceptors (Lipinski definition) is 12. The van der Waals surface area contributed by atoms with E-state index in [9.17, 15) is 44.3 Å². The highest BCUT2D eigenvalue weighted by molar-refractivity contribution is 6.42. The number of pyridine rings is 2. The predicted molar refractivity (Wildman–Crippen MR) is 311 cm³/mol. The molecule has 17 nitrogen and oxygen atoms in total. The van der Waals surface area contributed by atoms with E-state index in [0.29, 0.717) is 49.8 Å². The second-order valence-corrected chi connectivity index (χ2v) is 25.0. The number of nitrogens with two attached hydrogens (primary N) is 1. The Kier molecular flexibility index (Phi) is 23.0. The van der Waals surface area contributed by atoms with Crippen LogP contribution in [0.2, 0.25) is 20.1 Å². The molecule has 2 aromatic heterocycles. The fourth-order valence-electron chi connectivity index (χ4n) is 12.1. The first-order chi connectivity index (χ1) is 39.0. The summed E-state index contributed by atoms with van der Waals surface area (Å²) in [6.45, 7) is 9.86. The number of carboxylic acid groups (broad SMARTS) is 1. The van der Waals surface area contributed by atoms with Crippen LogP contribution in [0.15, 0.2) is 85.2 Å². The van der Waals surface area contributed by atoms with E-state index in [4.69, 9.17) is 56.9 Å². The third kappa shape index (κ3) is 17.6. The molecule has 4 aliphatic rings. The van der Waals surface area contributed by atoms with E-state index in [2.05, 4.69) is 41.0 Å². The Hall–Kier alpha value is -5.40. The van der Waals surface area contributed by atoms with Crippen LogP contribution in [-0.2, 0) is 59.2 Å². The highest BCUT2D eigenvalue weighted by Gasteiger charge is 2.47. The second kappa shape index (κ2) is 29.4. The number of benzene rings is 2. The number of rotatable bonds is 22. The third-order valence-corrected chi connectivity index (χ3v) is 17.6. The number of halogens is 4. The topological polar surface area (TPSA) is 219 Å². The molecule has 0 aliphatic carbocycles. The summed E-state index contributed by atoms with van der Waals surface area (Å²) in [5.41, 5.74) is 8.95. The average molecular weight is 1210 g/mol. The van der Waals surface area contributed by atoms with Gasteiger partial charge in [-0.2, -0.15) is 0 Å². The van der Waals surface area contributed by atoms with Crippen molar-refractivity contribution in [3.63, 3.8) is 0 Å². The minimum atomic E-state index is -1.03. The molecule has 0 spiro atoms. The van der Waals surface area contributed by atoms with Crippen molar-refractivity contribution in [2.45, 2.75) is 178 Å². The number of aryl methyl sites for hydroxylation is 4. The van der Waals surface area contributed by atoms with Gasteiger partial charge in [-0.05, 0) is 102 Å². The Morgan fingerprint density at radius 3 is 1.54 bits per heavy atom. The number of carbonyl (C=O) groups is 6. The first-order valence-corrected chi connectivity index (χ1v) is 30.1. The predicted octanol–water partition coefficient (Wildman–Crippen LogP) is 8.34. The Morgan fingerprint density at radius 2 is 1.09 bits per heavy atom. The zero-order valence-corrected chi connectivity index (χ0v) is 50.3. The molecular formula is C61H79Cl4N7O10+2. The van der Waals surface area contributed by atoms with E-state index in [-0.39, 0.29) is 119 Å². The van der Waals surface area contributed by atoms with E-state index in [0.717, 1.165) is 54.5 Å². The van der Waals surface area contributed by atoms with Crippen molar-refractivity contribution in [3.8, 4) is 0 Å². The van der Waals surface area contributed by atoms with Gasteiger partial charge in [-0.1, -0.05) is 114 Å².